The van der Waals surface area contributed by atoms with Crippen molar-refractivity contribution in [3.8, 4) is 5.75 Å². The highest BCUT2D eigenvalue weighted by Crippen LogP contribution is 2.47. The van der Waals surface area contributed by atoms with Crippen LogP contribution < -0.4 is 10.1 Å². The zero-order chi connectivity index (χ0) is 11.7. The van der Waals surface area contributed by atoms with Crippen molar-refractivity contribution in [1.82, 2.24) is 0 Å². The molecule has 0 amide bonds. The lowest BCUT2D eigenvalue weighted by molar-refractivity contribution is 0.199. The molecular formula is C11H12BrNO2S. The Hall–Kier alpha value is -0.650. The van der Waals surface area contributed by atoms with Crippen LogP contribution in [0.2, 0.25) is 0 Å². The molecule has 86 valence electrons. The maximum atomic E-state index is 5.33. The van der Waals surface area contributed by atoms with Crippen LogP contribution in [0.4, 0.5) is 5.69 Å². The number of fused-ring (bicyclic) bond motifs is 1. The third-order valence-corrected chi connectivity index (χ3v) is 4.29. The van der Waals surface area contributed by atoms with Gasteiger partial charge in [0.1, 0.15) is 11.2 Å². The van der Waals surface area contributed by atoms with E-state index >= 15 is 0 Å². The molecule has 1 aromatic rings. The molecule has 0 bridgehead atoms. The predicted molar refractivity (Wildman–Crippen MR) is 70.1 cm³/mol. The number of thioether (sulfide) groups is 1. The molecule has 16 heavy (non-hydrogen) atoms. The fourth-order valence-electron chi connectivity index (χ4n) is 1.52. The molecule has 0 spiro atoms. The largest absolute Gasteiger partial charge is 0.496 e. The Bertz CT molecular complexity index is 436. The fraction of sp³-hybridized carbons (Fsp3) is 0.273. The van der Waals surface area contributed by atoms with E-state index in [-0.39, 0.29) is 5.44 Å². The van der Waals surface area contributed by atoms with Crippen molar-refractivity contribution in [1.29, 1.82) is 0 Å². The predicted octanol–water partition coefficient (Wildman–Crippen LogP) is 3.46. The van der Waals surface area contributed by atoms with Crippen molar-refractivity contribution in [2.24, 2.45) is 0 Å². The van der Waals surface area contributed by atoms with Gasteiger partial charge in [0, 0.05) is 17.3 Å². The zero-order valence-corrected chi connectivity index (χ0v) is 11.4. The molecule has 0 saturated heterocycles. The van der Waals surface area contributed by atoms with Gasteiger partial charge in [0.2, 0.25) is 0 Å². The van der Waals surface area contributed by atoms with E-state index in [0.29, 0.717) is 0 Å². The van der Waals surface area contributed by atoms with E-state index in [9.17, 15) is 0 Å². The molecule has 1 unspecified atom stereocenters. The second-order valence-electron chi connectivity index (χ2n) is 3.29. The van der Waals surface area contributed by atoms with Gasteiger partial charge >= 0.3 is 0 Å². The first-order valence-electron chi connectivity index (χ1n) is 4.69. The SMILES string of the molecule is C=C1Nc2c(Br)ccc(OC)c2SC1OC. The molecular weight excluding hydrogens is 290 g/mol. The van der Waals surface area contributed by atoms with Crippen LogP contribution in [-0.2, 0) is 4.74 Å². The number of rotatable bonds is 2. The van der Waals surface area contributed by atoms with E-state index in [0.717, 1.165) is 26.5 Å². The van der Waals surface area contributed by atoms with Gasteiger partial charge in [-0.15, -0.1) is 0 Å². The van der Waals surface area contributed by atoms with Gasteiger partial charge in [-0.3, -0.25) is 0 Å². The highest BCUT2D eigenvalue weighted by Gasteiger charge is 2.26. The Morgan fingerprint density at radius 3 is 2.81 bits per heavy atom. The number of benzene rings is 1. The molecule has 0 saturated carbocycles. The van der Waals surface area contributed by atoms with Crippen molar-refractivity contribution in [3.05, 3.63) is 28.9 Å². The quantitative estimate of drug-likeness (QED) is 0.906. The normalized spacial score (nSPS) is 18.9. The van der Waals surface area contributed by atoms with E-state index in [1.54, 1.807) is 26.0 Å². The number of hydrogen-bond donors (Lipinski definition) is 1. The van der Waals surface area contributed by atoms with Crippen molar-refractivity contribution in [2.75, 3.05) is 19.5 Å². The Morgan fingerprint density at radius 1 is 1.44 bits per heavy atom. The smallest absolute Gasteiger partial charge is 0.146 e. The highest BCUT2D eigenvalue weighted by molar-refractivity contribution is 9.10. The van der Waals surface area contributed by atoms with Gasteiger partial charge in [-0.25, -0.2) is 0 Å². The van der Waals surface area contributed by atoms with Crippen molar-refractivity contribution < 1.29 is 9.47 Å². The molecule has 1 heterocycles. The minimum Gasteiger partial charge on any atom is -0.496 e. The summed E-state index contributed by atoms with van der Waals surface area (Å²) < 4.78 is 11.7. The third kappa shape index (κ3) is 1.95. The number of methoxy groups -OCH3 is 2. The first-order chi connectivity index (χ1) is 7.67. The van der Waals surface area contributed by atoms with E-state index in [2.05, 4.69) is 27.8 Å². The number of halogens is 1. The minimum absolute atomic E-state index is 0.0873. The minimum atomic E-state index is -0.0873. The van der Waals surface area contributed by atoms with Crippen LogP contribution in [0.25, 0.3) is 0 Å². The third-order valence-electron chi connectivity index (χ3n) is 2.30. The van der Waals surface area contributed by atoms with E-state index < -0.39 is 0 Å². The molecule has 0 radical (unpaired) electrons. The van der Waals surface area contributed by atoms with Gasteiger partial charge in [-0.1, -0.05) is 18.3 Å². The van der Waals surface area contributed by atoms with Crippen molar-refractivity contribution >= 4 is 33.4 Å². The summed E-state index contributed by atoms with van der Waals surface area (Å²) in [5.74, 6) is 0.838. The molecule has 0 aliphatic carbocycles. The molecule has 5 heteroatoms. The topological polar surface area (TPSA) is 30.5 Å². The summed E-state index contributed by atoms with van der Waals surface area (Å²) in [5.41, 5.74) is 1.74. The average molecular weight is 302 g/mol. The highest BCUT2D eigenvalue weighted by atomic mass is 79.9. The molecule has 0 aromatic heterocycles. The van der Waals surface area contributed by atoms with Gasteiger partial charge in [0.15, 0.2) is 0 Å². The maximum absolute atomic E-state index is 5.33. The second-order valence-corrected chi connectivity index (χ2v) is 5.22. The molecule has 1 aliphatic heterocycles. The maximum Gasteiger partial charge on any atom is 0.146 e. The number of anilines is 1. The summed E-state index contributed by atoms with van der Waals surface area (Å²) in [6.07, 6.45) is 0. The summed E-state index contributed by atoms with van der Waals surface area (Å²) in [5, 5.41) is 3.24. The van der Waals surface area contributed by atoms with Crippen molar-refractivity contribution in [2.45, 2.75) is 10.3 Å². The van der Waals surface area contributed by atoms with Gasteiger partial charge in [0.25, 0.3) is 0 Å². The Kier molecular flexibility index (Phi) is 3.47. The summed E-state index contributed by atoms with van der Waals surface area (Å²) in [6, 6.07) is 3.88. The fourth-order valence-corrected chi connectivity index (χ4v) is 3.14. The van der Waals surface area contributed by atoms with Gasteiger partial charge in [0.05, 0.1) is 17.7 Å². The van der Waals surface area contributed by atoms with Crippen LogP contribution in [0.15, 0.2) is 33.8 Å². The van der Waals surface area contributed by atoms with E-state index in [1.807, 2.05) is 12.1 Å². The van der Waals surface area contributed by atoms with Crippen molar-refractivity contribution in [3.63, 3.8) is 0 Å². The average Bonchev–Trinajstić information content (AvgIpc) is 2.30. The molecule has 2 rings (SSSR count). The lowest BCUT2D eigenvalue weighted by Gasteiger charge is -2.28. The van der Waals surface area contributed by atoms with Crippen LogP contribution in [-0.4, -0.2) is 19.7 Å². The summed E-state index contributed by atoms with van der Waals surface area (Å²) in [6.45, 7) is 3.94. The summed E-state index contributed by atoms with van der Waals surface area (Å²) in [7, 11) is 3.33. The van der Waals surface area contributed by atoms with Crippen LogP contribution in [0.3, 0.4) is 0 Å². The number of nitrogens with one attached hydrogen (secondary N) is 1. The monoisotopic (exact) mass is 301 g/mol. The van der Waals surface area contributed by atoms with E-state index in [4.69, 9.17) is 9.47 Å². The first kappa shape index (κ1) is 11.8. The second kappa shape index (κ2) is 4.69. The molecule has 1 aliphatic rings. The molecule has 1 atom stereocenters. The summed E-state index contributed by atoms with van der Waals surface area (Å²) >= 11 is 5.09. The van der Waals surface area contributed by atoms with Gasteiger partial charge in [-0.2, -0.15) is 0 Å². The Morgan fingerprint density at radius 2 is 2.19 bits per heavy atom. The number of hydrogen-bond acceptors (Lipinski definition) is 4. The van der Waals surface area contributed by atoms with Crippen LogP contribution in [0.1, 0.15) is 0 Å². The van der Waals surface area contributed by atoms with Gasteiger partial charge < -0.3 is 14.8 Å². The molecule has 1 aromatic carbocycles. The standard InChI is InChI=1S/C11H12BrNO2S/c1-6-11(15-3)16-10-8(14-2)5-4-7(12)9(10)13-6/h4-5,11,13H,1H2,2-3H3. The molecule has 1 N–H and O–H groups in total. The zero-order valence-electron chi connectivity index (χ0n) is 9.04. The van der Waals surface area contributed by atoms with E-state index in [1.165, 1.54) is 0 Å². The number of ether oxygens (including phenoxy) is 2. The van der Waals surface area contributed by atoms with Crippen LogP contribution in [0.5, 0.6) is 5.75 Å². The molecule has 0 fully saturated rings. The van der Waals surface area contributed by atoms with Crippen LogP contribution in [0, 0.1) is 0 Å². The van der Waals surface area contributed by atoms with Crippen LogP contribution >= 0.6 is 27.7 Å². The Balaban J connectivity index is 2.49. The van der Waals surface area contributed by atoms with Gasteiger partial charge in [-0.05, 0) is 28.1 Å². The Labute approximate surface area is 107 Å². The lowest BCUT2D eigenvalue weighted by Crippen LogP contribution is -2.20. The molecule has 3 nitrogen and oxygen atoms in total. The lowest BCUT2D eigenvalue weighted by atomic mass is 10.2. The summed E-state index contributed by atoms with van der Waals surface area (Å²) in [4.78, 5) is 1.04. The first-order valence-corrected chi connectivity index (χ1v) is 6.36.